The van der Waals surface area contributed by atoms with Crippen LogP contribution >= 0.6 is 0 Å². The van der Waals surface area contributed by atoms with Crippen LogP contribution in [0.1, 0.15) is 51.4 Å². The number of hydrogen-bond acceptors (Lipinski definition) is 10. The molecule has 0 saturated carbocycles. The van der Waals surface area contributed by atoms with Crippen LogP contribution in [0.5, 0.6) is 0 Å². The van der Waals surface area contributed by atoms with Gasteiger partial charge in [-0.25, -0.2) is 0 Å². The minimum atomic E-state index is -1.60. The third-order valence-corrected chi connectivity index (χ3v) is 18.3. The smallest absolute Gasteiger partial charge is 0.186 e. The van der Waals surface area contributed by atoms with Gasteiger partial charge in [0.05, 0.1) is 71.7 Å². The number of rotatable bonds is 29. The van der Waals surface area contributed by atoms with Gasteiger partial charge in [-0.15, -0.1) is 0 Å². The highest BCUT2D eigenvalue weighted by Crippen LogP contribution is 2.26. The highest BCUT2D eigenvalue weighted by Gasteiger charge is 2.32. The highest BCUT2D eigenvalue weighted by atomic mass is 28.4. The molecular formula is C34H74O10Si3. The van der Waals surface area contributed by atoms with Gasteiger partial charge in [0.25, 0.3) is 0 Å². The molecule has 0 spiro atoms. The summed E-state index contributed by atoms with van der Waals surface area (Å²) in [7, 11) is -1.38. The topological polar surface area (TPSA) is 92.3 Å². The molecule has 13 heteroatoms. The van der Waals surface area contributed by atoms with E-state index < -0.39 is 25.0 Å². The lowest BCUT2D eigenvalue weighted by Gasteiger charge is -2.34. The summed E-state index contributed by atoms with van der Waals surface area (Å²) >= 11 is 0. The van der Waals surface area contributed by atoms with E-state index in [1.807, 2.05) is 0 Å². The molecular weight excluding hydrogens is 653 g/mol. The van der Waals surface area contributed by atoms with Crippen LogP contribution in [0.25, 0.3) is 0 Å². The monoisotopic (exact) mass is 726 g/mol. The van der Waals surface area contributed by atoms with Crippen LogP contribution in [0.3, 0.4) is 0 Å². The molecule has 0 aromatic carbocycles. The maximum atomic E-state index is 6.70. The molecule has 2 aliphatic heterocycles. The zero-order valence-corrected chi connectivity index (χ0v) is 34.7. The molecule has 0 amide bonds. The van der Waals surface area contributed by atoms with Crippen molar-refractivity contribution in [3.8, 4) is 0 Å². The molecule has 2 saturated heterocycles. The van der Waals surface area contributed by atoms with Crippen molar-refractivity contribution in [2.45, 2.75) is 121 Å². The van der Waals surface area contributed by atoms with E-state index in [-0.39, 0.29) is 0 Å². The first kappa shape index (κ1) is 45.3. The number of ether oxygens (including phenoxy) is 8. The fraction of sp³-hybridized carbons (Fsp3) is 1.00. The summed E-state index contributed by atoms with van der Waals surface area (Å²) < 4.78 is 55.9. The van der Waals surface area contributed by atoms with Crippen LogP contribution in [-0.4, -0.2) is 137 Å². The van der Waals surface area contributed by atoms with Crippen molar-refractivity contribution in [3.05, 3.63) is 0 Å². The Kier molecular flexibility index (Phi) is 26.9. The van der Waals surface area contributed by atoms with Gasteiger partial charge in [-0.05, 0) is 102 Å². The van der Waals surface area contributed by atoms with E-state index in [2.05, 4.69) is 39.3 Å². The van der Waals surface area contributed by atoms with Crippen molar-refractivity contribution in [2.24, 2.45) is 0 Å². The van der Waals surface area contributed by atoms with Crippen molar-refractivity contribution in [3.63, 3.8) is 0 Å². The largest absolute Gasteiger partial charge is 0.455 e. The SMILES string of the molecule is COCCOCCOCCC[Si](C)(C)OCC1CCCO1.COCCOCCOCCC[Si](C)(C)O[Si](C)(C)CCCC1CCCO1. The summed E-state index contributed by atoms with van der Waals surface area (Å²) in [4.78, 5) is 0. The first-order chi connectivity index (χ1) is 22.5. The van der Waals surface area contributed by atoms with E-state index in [4.69, 9.17) is 46.4 Å². The second-order valence-corrected chi connectivity index (χ2v) is 27.7. The van der Waals surface area contributed by atoms with Crippen molar-refractivity contribution in [1.82, 2.24) is 0 Å². The quantitative estimate of drug-likeness (QED) is 0.0599. The second-order valence-electron chi connectivity index (χ2n) is 14.5. The predicted octanol–water partition coefficient (Wildman–Crippen LogP) is 6.90. The van der Waals surface area contributed by atoms with E-state index in [1.165, 1.54) is 44.2 Å². The Labute approximate surface area is 291 Å². The molecule has 282 valence electrons. The van der Waals surface area contributed by atoms with E-state index in [1.54, 1.807) is 14.2 Å². The Morgan fingerprint density at radius 3 is 1.40 bits per heavy atom. The summed E-state index contributed by atoms with van der Waals surface area (Å²) in [6, 6.07) is 3.54. The summed E-state index contributed by atoms with van der Waals surface area (Å²) in [5.41, 5.74) is 0. The molecule has 0 aromatic rings. The van der Waals surface area contributed by atoms with Crippen LogP contribution in [-0.2, 0) is 46.4 Å². The van der Waals surface area contributed by atoms with Crippen molar-refractivity contribution < 1.29 is 46.4 Å². The molecule has 0 aromatic heterocycles. The van der Waals surface area contributed by atoms with Gasteiger partial charge in [-0.3, -0.25) is 0 Å². The first-order valence-corrected chi connectivity index (χ1v) is 27.7. The molecule has 10 nitrogen and oxygen atoms in total. The van der Waals surface area contributed by atoms with Crippen molar-refractivity contribution in [1.29, 1.82) is 0 Å². The number of hydrogen-bond donors (Lipinski definition) is 0. The van der Waals surface area contributed by atoms with Crippen LogP contribution in [0.4, 0.5) is 0 Å². The zero-order valence-electron chi connectivity index (χ0n) is 31.7. The fourth-order valence-electron chi connectivity index (χ4n) is 5.77. The number of methoxy groups -OCH3 is 2. The van der Waals surface area contributed by atoms with Crippen molar-refractivity contribution in [2.75, 3.05) is 100 Å². The van der Waals surface area contributed by atoms with Crippen LogP contribution < -0.4 is 0 Å². The highest BCUT2D eigenvalue weighted by molar-refractivity contribution is 6.84. The molecule has 2 fully saturated rings. The van der Waals surface area contributed by atoms with Gasteiger partial charge in [0.1, 0.15) is 0 Å². The Morgan fingerprint density at radius 1 is 0.511 bits per heavy atom. The molecule has 2 atom stereocenters. The lowest BCUT2D eigenvalue weighted by molar-refractivity contribution is 0.0247. The minimum Gasteiger partial charge on any atom is -0.455 e. The Morgan fingerprint density at radius 2 is 0.936 bits per heavy atom. The molecule has 0 N–H and O–H groups in total. The van der Waals surface area contributed by atoms with Crippen LogP contribution in [0.15, 0.2) is 0 Å². The average Bonchev–Trinajstić information content (AvgIpc) is 3.73. The van der Waals surface area contributed by atoms with Gasteiger partial charge in [-0.2, -0.15) is 0 Å². The molecule has 47 heavy (non-hydrogen) atoms. The van der Waals surface area contributed by atoms with Crippen LogP contribution in [0.2, 0.25) is 57.4 Å². The van der Waals surface area contributed by atoms with E-state index >= 15 is 0 Å². The Bertz CT molecular complexity index is 706. The predicted molar refractivity (Wildman–Crippen MR) is 197 cm³/mol. The third-order valence-electron chi connectivity index (χ3n) is 8.31. The fourth-order valence-corrected chi connectivity index (χ4v) is 16.4. The normalized spacial score (nSPS) is 18.9. The first-order valence-electron chi connectivity index (χ1n) is 18.3. The molecule has 0 radical (unpaired) electrons. The summed E-state index contributed by atoms with van der Waals surface area (Å²) in [6.45, 7) is 23.4. The zero-order chi connectivity index (χ0) is 34.7. The molecule has 0 bridgehead atoms. The molecule has 2 unspecified atom stereocenters. The van der Waals surface area contributed by atoms with E-state index in [0.717, 1.165) is 58.3 Å². The standard InChI is InChI=1S/C19H42O5Si2.C15H32O5Si/c1-20-13-14-22-16-15-21-11-8-18-26(4,5)24-25(2,3)17-7-10-19-9-6-12-23-19;1-16-9-10-18-12-11-17-7-5-13-21(2,3)20-14-15-6-4-8-19-15/h19H,6-18H2,1-5H3;15H,4-14H2,1-3H3. The molecule has 2 heterocycles. The van der Waals surface area contributed by atoms with Crippen LogP contribution in [0, 0.1) is 0 Å². The van der Waals surface area contributed by atoms with Crippen molar-refractivity contribution >= 4 is 25.0 Å². The summed E-state index contributed by atoms with van der Waals surface area (Å²) in [5.74, 6) is 0. The van der Waals surface area contributed by atoms with Gasteiger partial charge in [0.2, 0.25) is 0 Å². The molecule has 2 rings (SSSR count). The summed E-state index contributed by atoms with van der Waals surface area (Å²) in [6.07, 6.45) is 10.3. The minimum absolute atomic E-state index is 0.331. The Hall–Kier alpha value is 0.251. The van der Waals surface area contributed by atoms with Gasteiger partial charge in [0.15, 0.2) is 25.0 Å². The van der Waals surface area contributed by atoms with Gasteiger partial charge < -0.3 is 46.4 Å². The molecule has 2 aliphatic rings. The Balaban J connectivity index is 0.000000481. The van der Waals surface area contributed by atoms with Gasteiger partial charge in [-0.1, -0.05) is 6.42 Å². The van der Waals surface area contributed by atoms with E-state index in [9.17, 15) is 0 Å². The lowest BCUT2D eigenvalue weighted by Crippen LogP contribution is -2.44. The maximum Gasteiger partial charge on any atom is 0.186 e. The molecule has 0 aliphatic carbocycles. The third kappa shape index (κ3) is 27.6. The average molecular weight is 727 g/mol. The lowest BCUT2D eigenvalue weighted by atomic mass is 10.1. The van der Waals surface area contributed by atoms with E-state index in [0.29, 0.717) is 65.1 Å². The second kappa shape index (κ2) is 27.9. The maximum absolute atomic E-state index is 6.70. The van der Waals surface area contributed by atoms with Gasteiger partial charge >= 0.3 is 0 Å². The summed E-state index contributed by atoms with van der Waals surface area (Å²) in [5, 5.41) is 0. The van der Waals surface area contributed by atoms with Gasteiger partial charge in [0, 0.05) is 40.6 Å².